The summed E-state index contributed by atoms with van der Waals surface area (Å²) in [5, 5.41) is 8.28. The highest BCUT2D eigenvalue weighted by Crippen LogP contribution is 2.41. The Bertz CT molecular complexity index is 654. The smallest absolute Gasteiger partial charge is 0.245 e. The fourth-order valence-corrected chi connectivity index (χ4v) is 4.14. The van der Waals surface area contributed by atoms with Gasteiger partial charge in [0.15, 0.2) is 0 Å². The Morgan fingerprint density at radius 3 is 2.96 bits per heavy atom. The number of rotatable bonds is 4. The summed E-state index contributed by atoms with van der Waals surface area (Å²) in [7, 11) is 0. The number of amides is 1. The van der Waals surface area contributed by atoms with Gasteiger partial charge in [-0.05, 0) is 37.5 Å². The van der Waals surface area contributed by atoms with E-state index in [0.29, 0.717) is 36.6 Å². The molecule has 1 amide bonds. The molecule has 1 aromatic heterocycles. The van der Waals surface area contributed by atoms with Crippen LogP contribution in [-0.4, -0.2) is 40.2 Å². The number of fused-ring (bicyclic) bond motifs is 1. The van der Waals surface area contributed by atoms with Crippen LogP contribution in [0.15, 0.2) is 16.6 Å². The van der Waals surface area contributed by atoms with Crippen LogP contribution in [-0.2, 0) is 9.53 Å². The summed E-state index contributed by atoms with van der Waals surface area (Å²) in [6.07, 6.45) is 9.11. The Hall–Kier alpha value is -1.69. The van der Waals surface area contributed by atoms with Crippen molar-refractivity contribution in [2.24, 2.45) is 11.8 Å². The van der Waals surface area contributed by atoms with E-state index in [1.165, 1.54) is 0 Å². The standard InChI is InChI=1S/C19H27N3O3/c1-12(2)18-20-21-19(25-18)15-10-14-7-8-22(11-16(14)24-15)17(23)9-13-5-3-4-6-13/h3,5,12-16H,4,6-11H2,1-2H3/t13-,14+,15+,16-/m1/s1. The van der Waals surface area contributed by atoms with E-state index in [-0.39, 0.29) is 24.0 Å². The molecule has 4 atom stereocenters. The lowest BCUT2D eigenvalue weighted by Gasteiger charge is -2.34. The van der Waals surface area contributed by atoms with Crippen molar-refractivity contribution in [3.8, 4) is 0 Å². The number of hydrogen-bond acceptors (Lipinski definition) is 5. The van der Waals surface area contributed by atoms with Crippen LogP contribution in [0.1, 0.15) is 69.8 Å². The van der Waals surface area contributed by atoms with Gasteiger partial charge in [0.2, 0.25) is 17.7 Å². The molecule has 2 saturated heterocycles. The molecule has 3 aliphatic rings. The molecule has 1 aromatic rings. The lowest BCUT2D eigenvalue weighted by molar-refractivity contribution is -0.136. The highest BCUT2D eigenvalue weighted by Gasteiger charge is 2.42. The van der Waals surface area contributed by atoms with Gasteiger partial charge >= 0.3 is 0 Å². The third-order valence-corrected chi connectivity index (χ3v) is 5.68. The van der Waals surface area contributed by atoms with E-state index in [2.05, 4.69) is 22.3 Å². The monoisotopic (exact) mass is 345 g/mol. The Morgan fingerprint density at radius 2 is 2.24 bits per heavy atom. The van der Waals surface area contributed by atoms with Crippen molar-refractivity contribution < 1.29 is 13.9 Å². The summed E-state index contributed by atoms with van der Waals surface area (Å²) < 4.78 is 12.0. The van der Waals surface area contributed by atoms with Gasteiger partial charge in [0.25, 0.3) is 0 Å². The molecule has 136 valence electrons. The molecular weight excluding hydrogens is 318 g/mol. The summed E-state index contributed by atoms with van der Waals surface area (Å²) in [6, 6.07) is 0. The average Bonchev–Trinajstić information content (AvgIpc) is 3.33. The summed E-state index contributed by atoms with van der Waals surface area (Å²) in [6.45, 7) is 5.61. The predicted molar refractivity (Wildman–Crippen MR) is 91.8 cm³/mol. The minimum absolute atomic E-state index is 0.0937. The van der Waals surface area contributed by atoms with E-state index in [1.807, 2.05) is 18.7 Å². The minimum Gasteiger partial charge on any atom is -0.422 e. The number of allylic oxidation sites excluding steroid dienone is 2. The fourth-order valence-electron chi connectivity index (χ4n) is 4.14. The molecule has 0 N–H and O–H groups in total. The maximum absolute atomic E-state index is 12.6. The second-order valence-electron chi connectivity index (χ2n) is 7.89. The van der Waals surface area contributed by atoms with Crippen LogP contribution in [0.4, 0.5) is 0 Å². The van der Waals surface area contributed by atoms with Crippen molar-refractivity contribution in [1.29, 1.82) is 0 Å². The number of nitrogens with zero attached hydrogens (tertiary/aromatic N) is 3. The number of piperidine rings is 1. The quantitative estimate of drug-likeness (QED) is 0.784. The second-order valence-corrected chi connectivity index (χ2v) is 7.89. The highest BCUT2D eigenvalue weighted by atomic mass is 16.5. The van der Waals surface area contributed by atoms with E-state index in [1.54, 1.807) is 0 Å². The van der Waals surface area contributed by atoms with Gasteiger partial charge in [-0.2, -0.15) is 0 Å². The lowest BCUT2D eigenvalue weighted by atomic mass is 9.91. The van der Waals surface area contributed by atoms with Gasteiger partial charge < -0.3 is 14.1 Å². The maximum atomic E-state index is 12.6. The second kappa shape index (κ2) is 6.90. The number of hydrogen-bond donors (Lipinski definition) is 0. The molecule has 2 fully saturated rings. The molecule has 0 unspecified atom stereocenters. The number of likely N-dealkylation sites (tertiary alicyclic amines) is 1. The van der Waals surface area contributed by atoms with Gasteiger partial charge in [-0.25, -0.2) is 0 Å². The number of carbonyl (C=O) groups excluding carboxylic acids is 1. The first-order chi connectivity index (χ1) is 12.1. The van der Waals surface area contributed by atoms with E-state index in [9.17, 15) is 4.79 Å². The van der Waals surface area contributed by atoms with Crippen LogP contribution in [0.25, 0.3) is 0 Å². The normalized spacial score (nSPS) is 31.7. The van der Waals surface area contributed by atoms with E-state index >= 15 is 0 Å². The number of carbonyl (C=O) groups is 1. The first-order valence-corrected chi connectivity index (χ1v) is 9.53. The Balaban J connectivity index is 1.35. The van der Waals surface area contributed by atoms with Gasteiger partial charge in [0.1, 0.15) is 6.10 Å². The molecule has 4 rings (SSSR count). The predicted octanol–water partition coefficient (Wildman–Crippen LogP) is 3.23. The molecule has 0 aromatic carbocycles. The molecule has 0 spiro atoms. The molecule has 25 heavy (non-hydrogen) atoms. The van der Waals surface area contributed by atoms with Gasteiger partial charge in [-0.1, -0.05) is 26.0 Å². The third-order valence-electron chi connectivity index (χ3n) is 5.68. The van der Waals surface area contributed by atoms with Crippen LogP contribution < -0.4 is 0 Å². The van der Waals surface area contributed by atoms with E-state index in [4.69, 9.17) is 9.15 Å². The Labute approximate surface area is 148 Å². The van der Waals surface area contributed by atoms with Gasteiger partial charge in [-0.15, -0.1) is 10.2 Å². The zero-order chi connectivity index (χ0) is 17.4. The molecule has 3 heterocycles. The third kappa shape index (κ3) is 3.50. The minimum atomic E-state index is -0.122. The summed E-state index contributed by atoms with van der Waals surface area (Å²) in [5.74, 6) is 2.65. The van der Waals surface area contributed by atoms with Gasteiger partial charge in [0.05, 0.1) is 6.10 Å². The maximum Gasteiger partial charge on any atom is 0.245 e. The molecule has 0 radical (unpaired) electrons. The molecule has 2 aliphatic heterocycles. The van der Waals surface area contributed by atoms with Crippen LogP contribution >= 0.6 is 0 Å². The Kier molecular flexibility index (Phi) is 4.63. The van der Waals surface area contributed by atoms with Gasteiger partial charge in [0, 0.05) is 25.4 Å². The van der Waals surface area contributed by atoms with Crippen LogP contribution in [0.3, 0.4) is 0 Å². The van der Waals surface area contributed by atoms with Crippen molar-refractivity contribution in [2.75, 3.05) is 13.1 Å². The average molecular weight is 345 g/mol. The van der Waals surface area contributed by atoms with Crippen molar-refractivity contribution >= 4 is 5.91 Å². The molecule has 1 aliphatic carbocycles. The van der Waals surface area contributed by atoms with Crippen molar-refractivity contribution in [3.63, 3.8) is 0 Å². The topological polar surface area (TPSA) is 68.5 Å². The first-order valence-electron chi connectivity index (χ1n) is 9.53. The van der Waals surface area contributed by atoms with Crippen molar-refractivity contribution in [1.82, 2.24) is 15.1 Å². The zero-order valence-corrected chi connectivity index (χ0v) is 15.1. The van der Waals surface area contributed by atoms with E-state index < -0.39 is 0 Å². The van der Waals surface area contributed by atoms with Crippen LogP contribution in [0.5, 0.6) is 0 Å². The van der Waals surface area contributed by atoms with Crippen LogP contribution in [0.2, 0.25) is 0 Å². The number of aromatic nitrogens is 2. The van der Waals surface area contributed by atoms with Crippen molar-refractivity contribution in [2.45, 2.75) is 64.1 Å². The molecule has 0 bridgehead atoms. The molecule has 6 heteroatoms. The summed E-state index contributed by atoms with van der Waals surface area (Å²) in [5.41, 5.74) is 0. The van der Waals surface area contributed by atoms with Gasteiger partial charge in [-0.3, -0.25) is 4.79 Å². The molecular formula is C19H27N3O3. The first kappa shape index (κ1) is 16.8. The summed E-state index contributed by atoms with van der Waals surface area (Å²) >= 11 is 0. The zero-order valence-electron chi connectivity index (χ0n) is 15.1. The largest absolute Gasteiger partial charge is 0.422 e. The van der Waals surface area contributed by atoms with Crippen molar-refractivity contribution in [3.05, 3.63) is 23.9 Å². The highest BCUT2D eigenvalue weighted by molar-refractivity contribution is 5.77. The fraction of sp³-hybridized carbons (Fsp3) is 0.737. The van der Waals surface area contributed by atoms with Crippen LogP contribution in [0, 0.1) is 11.8 Å². The number of ether oxygens (including phenoxy) is 1. The summed E-state index contributed by atoms with van der Waals surface area (Å²) in [4.78, 5) is 14.6. The molecule has 6 nitrogen and oxygen atoms in total. The van der Waals surface area contributed by atoms with E-state index in [0.717, 1.165) is 32.2 Å². The Morgan fingerprint density at radius 1 is 1.36 bits per heavy atom. The SMILES string of the molecule is CC(C)c1nnc([C@@H]2C[C@@H]3CCN(C(=O)C[C@@H]4C=CCC4)C[C@H]3O2)o1. The molecule has 0 saturated carbocycles. The lowest BCUT2D eigenvalue weighted by Crippen LogP contribution is -2.45.